The molecule has 5 fully saturated rings. The van der Waals surface area contributed by atoms with Crippen molar-refractivity contribution in [2.75, 3.05) is 101 Å². The Balaban J connectivity index is 0.000000526. The first-order chi connectivity index (χ1) is 57.6. The van der Waals surface area contributed by atoms with Gasteiger partial charge in [0.25, 0.3) is 23.4 Å². The van der Waals surface area contributed by atoms with E-state index in [2.05, 4.69) is 114 Å². The molecule has 1 aliphatic carbocycles. The molecule has 1 aromatic carbocycles. The summed E-state index contributed by atoms with van der Waals surface area (Å²) < 4.78 is 46.8. The summed E-state index contributed by atoms with van der Waals surface area (Å²) in [4.78, 5) is 121. The van der Waals surface area contributed by atoms with E-state index in [1.165, 1.54) is 42.6 Å². The lowest BCUT2D eigenvalue weighted by Crippen LogP contribution is -2.37. The normalized spacial score (nSPS) is 15.9. The Morgan fingerprint density at radius 3 is 1.37 bits per heavy atom. The molecule has 10 N–H and O–H groups in total. The summed E-state index contributed by atoms with van der Waals surface area (Å²) in [5.41, 5.74) is 22.5. The van der Waals surface area contributed by atoms with Crippen LogP contribution in [0.1, 0.15) is 206 Å². The number of amides is 8. The molecule has 4 atom stereocenters. The number of allylic oxidation sites excluding steroid dienone is 1. The summed E-state index contributed by atoms with van der Waals surface area (Å²) in [5.74, 6) is 8.72. The zero-order chi connectivity index (χ0) is 92.7. The van der Waals surface area contributed by atoms with Crippen molar-refractivity contribution in [2.45, 2.75) is 174 Å². The molecule has 8 amide bonds. The van der Waals surface area contributed by atoms with Gasteiger partial charge in [0.05, 0.1) is 63.4 Å². The Morgan fingerprint density at radius 1 is 0.627 bits per heavy atom. The third-order valence-electron chi connectivity index (χ3n) is 17.9. The Morgan fingerprint density at radius 2 is 1.02 bits per heavy atom. The summed E-state index contributed by atoms with van der Waals surface area (Å²) in [5, 5.41) is 31.0. The molecule has 4 saturated heterocycles. The highest BCUT2D eigenvalue weighted by Crippen LogP contribution is 2.40. The van der Waals surface area contributed by atoms with Crippen molar-refractivity contribution >= 4 is 178 Å². The second-order valence-electron chi connectivity index (χ2n) is 31.6. The number of ether oxygens (including phenoxy) is 4. The van der Waals surface area contributed by atoms with Crippen LogP contribution in [0, 0.1) is 70.9 Å². The molecule has 4 aliphatic heterocycles. The highest BCUT2D eigenvalue weighted by Gasteiger charge is 2.40. The first kappa shape index (κ1) is 110. The van der Waals surface area contributed by atoms with Gasteiger partial charge >= 0.3 is 24.4 Å². The number of terminal acetylenes is 4. The minimum atomic E-state index is -0.813. The average Bonchev–Trinajstić information content (AvgIpc) is 1.62. The van der Waals surface area contributed by atoms with Gasteiger partial charge in [0.1, 0.15) is 85.1 Å². The molecule has 46 heteroatoms. The second-order valence-corrected chi connectivity index (χ2v) is 33.3. The first-order valence-corrected chi connectivity index (χ1v) is 39.9. The maximum absolute atomic E-state index is 13.3. The summed E-state index contributed by atoms with van der Waals surface area (Å²) in [6.07, 6.45) is 28.9. The summed E-state index contributed by atoms with van der Waals surface area (Å²) in [6.45, 7) is 39.7. The Labute approximate surface area is 774 Å². The molecule has 126 heavy (non-hydrogen) atoms. The van der Waals surface area contributed by atoms with Crippen molar-refractivity contribution in [3.8, 4) is 49.4 Å². The minimum absolute atomic E-state index is 0. The number of primary amides is 3. The summed E-state index contributed by atoms with van der Waals surface area (Å²) >= 11 is 11.2. The van der Waals surface area contributed by atoms with Crippen LogP contribution < -0.4 is 43.0 Å². The Kier molecular flexibility index (Phi) is 42.7. The van der Waals surface area contributed by atoms with E-state index in [0.29, 0.717) is 78.1 Å². The molecular weight excluding hydrogens is 1850 g/mol. The van der Waals surface area contributed by atoms with E-state index in [4.69, 9.17) is 85.5 Å². The van der Waals surface area contributed by atoms with Gasteiger partial charge in [-0.2, -0.15) is 39.4 Å². The molecule has 9 heterocycles. The third-order valence-corrected chi connectivity index (χ3v) is 19.0. The highest BCUT2D eigenvalue weighted by atomic mass is 127. The lowest BCUT2D eigenvalue weighted by molar-refractivity contribution is -0.125. The van der Waals surface area contributed by atoms with Crippen LogP contribution >= 0.6 is 84.3 Å². The SMILES string of the molecule is C#Cc1nn([C@H]2CCN(C(=O)C=C)C2)c(NC)c1C(N)=O.C#Cc1nn([C@H]2CCN(C(=O)OC(C)(C)C)C2)c(N(C)C(=O)OC(C)(C)C)c1C(N)=O.C#Cc1nn([C@H]2CCNC2)c(NC)c1C(N)=O.C=CC(=O)Cl.Cl.Cl.Fc1cc2c(cc1I)ncn2C1CC1.N=NN=NCl.S.[C-]#[N+]c1c(C#C)nn([C@H]2CCN(C(=O)OC(C)(C)C)C2)c1N(C)C(=O)OC(C)(C)C. The number of fused-ring (bicyclic) bond motifs is 1. The quantitative estimate of drug-likeness (QED) is 0.00734. The number of rotatable bonds is 15. The first-order valence-electron chi connectivity index (χ1n) is 38.1. The van der Waals surface area contributed by atoms with Gasteiger partial charge in [0.2, 0.25) is 11.1 Å². The van der Waals surface area contributed by atoms with Crippen LogP contribution in [-0.4, -0.2) is 220 Å². The number of hydrogen-bond donors (Lipinski definition) is 7. The predicted molar refractivity (Wildman–Crippen MR) is 493 cm³/mol. The van der Waals surface area contributed by atoms with Crippen LogP contribution in [-0.2, 0) is 28.5 Å². The number of likely N-dealkylation sites (tertiary alicyclic amines) is 3. The van der Waals surface area contributed by atoms with Crippen LogP contribution in [0.3, 0.4) is 0 Å². The van der Waals surface area contributed by atoms with Crippen LogP contribution in [0.4, 0.5) is 52.5 Å². The maximum Gasteiger partial charge on any atom is 0.415 e. The fourth-order valence-corrected chi connectivity index (χ4v) is 13.0. The molecule has 5 aromatic heterocycles. The number of nitrogens with zero attached hydrogens (tertiary/aromatic N) is 19. The van der Waals surface area contributed by atoms with E-state index in [1.807, 2.05) is 28.9 Å². The van der Waals surface area contributed by atoms with Crippen LogP contribution in [0.15, 0.2) is 58.8 Å². The number of aromatic nitrogens is 10. The number of imidazole rings is 1. The summed E-state index contributed by atoms with van der Waals surface area (Å²) in [7, 11) is 6.36. The van der Waals surface area contributed by atoms with E-state index in [-0.39, 0.29) is 126 Å². The van der Waals surface area contributed by atoms with Crippen molar-refractivity contribution < 1.29 is 66.5 Å². The van der Waals surface area contributed by atoms with Crippen LogP contribution in [0.25, 0.3) is 15.9 Å². The molecule has 39 nitrogen and oxygen atoms in total. The van der Waals surface area contributed by atoms with Gasteiger partial charge < -0.3 is 71.4 Å². The molecule has 6 aromatic rings. The maximum atomic E-state index is 13.3. The molecule has 0 radical (unpaired) electrons. The number of anilines is 4. The third kappa shape index (κ3) is 30.3. The summed E-state index contributed by atoms with van der Waals surface area (Å²) in [6, 6.07) is 3.48. The van der Waals surface area contributed by atoms with E-state index in [0.717, 1.165) is 47.9 Å². The fourth-order valence-electron chi connectivity index (χ4n) is 12.6. The Bertz CT molecular complexity index is 5190. The molecule has 0 spiro atoms. The van der Waals surface area contributed by atoms with Crippen LogP contribution in [0.2, 0.25) is 0 Å². The zero-order valence-corrected chi connectivity index (χ0v) is 79.1. The topological polar surface area (TPSA) is 475 Å². The molecule has 1 saturated carbocycles. The van der Waals surface area contributed by atoms with E-state index in [1.54, 1.807) is 138 Å². The van der Waals surface area contributed by atoms with Gasteiger partial charge in [-0.25, -0.2) is 47.4 Å². The largest absolute Gasteiger partial charge is 0.444 e. The van der Waals surface area contributed by atoms with Gasteiger partial charge in [-0.3, -0.25) is 38.5 Å². The fraction of sp³-hybridized carbons (Fsp3) is 0.487. The van der Waals surface area contributed by atoms with Gasteiger partial charge in [-0.15, -0.1) is 50.5 Å². The standard InChI is InChI=1S/C21H31N5O5.C21H29N5O4.C14H17N5O2.C11H15N5O.C10H8FIN2.C3H3ClO.ClHN4.2ClH.H2S/c1-9-14-15(16(22)27)17(24(8)18(28)30-20(2,3)4)26(23-14)13-10-11-25(12-13)19(29)31-21(5,6)7;1-10-15-16(22-8)17(24(9)18(27)29-20(2,3)4)26(23-15)14-11-12-25(13-14)19(28)30-21(5,6)7;1-4-10-12(13(15)21)14(16-3)19(17-10)9-6-7-18(8-9)11(20)5-2;1-3-8-9(10(12)17)11(13-2)16(15-8)7-4-5-14-6-7;11-7-3-10-9(4-8(7)12)13-5-14(10)6-1-2-6;1-2-3(4)5;1-3-5-4-2;;;/h1,13H,10-12H2,2-8H3,(H2,22,27);1,14H,11-13H2,2-7,9H3;1,5,9,16H,2,6-8H2,3H3,(H2,15,21);1,7,13-14H,4-6H2,2H3,(H2,12,17);3-6H,1-2H2;2H,1H2;2H;2*1H;1H2/t13-;14-;9-;7-;;;;;;/m0000....../s1. The second kappa shape index (κ2) is 48.7. The van der Waals surface area contributed by atoms with Crippen molar-refractivity contribution in [2.24, 2.45) is 32.3 Å². The van der Waals surface area contributed by atoms with E-state index in [9.17, 15) is 47.5 Å². The van der Waals surface area contributed by atoms with E-state index >= 15 is 0 Å². The lowest BCUT2D eigenvalue weighted by Gasteiger charge is -2.27. The number of carbonyl (C=O) groups is 9. The number of carbonyl (C=O) groups excluding carboxylic acids is 9. The molecule has 0 bridgehead atoms. The van der Waals surface area contributed by atoms with Crippen molar-refractivity contribution in [3.63, 3.8) is 0 Å². The molecule has 0 unspecified atom stereocenters. The average molecular weight is 1960 g/mol. The van der Waals surface area contributed by atoms with Gasteiger partial charge in [0, 0.05) is 86.1 Å². The number of nitrogens with two attached hydrogens (primary N) is 3. The molecule has 684 valence electrons. The van der Waals surface area contributed by atoms with Gasteiger partial charge in [0.15, 0.2) is 5.82 Å². The number of benzene rings is 1. The molecular formula is C80H108Cl4FIN26O13S. The molecule has 5 aliphatic rings. The van der Waals surface area contributed by atoms with Crippen molar-refractivity contribution in [1.29, 1.82) is 5.53 Å². The number of nitrogens with one attached hydrogen (secondary N) is 4. The van der Waals surface area contributed by atoms with Crippen LogP contribution in [0.5, 0.6) is 0 Å². The number of hydrogen-bond acceptors (Lipinski definition) is 23. The highest BCUT2D eigenvalue weighted by molar-refractivity contribution is 14.1. The minimum Gasteiger partial charge on any atom is -0.444 e. The number of halogens is 6. The van der Waals surface area contributed by atoms with Crippen molar-refractivity contribution in [3.05, 3.63) is 104 Å². The predicted octanol–water partition coefficient (Wildman–Crippen LogP) is 12.5. The monoisotopic (exact) mass is 1960 g/mol. The zero-order valence-electron chi connectivity index (χ0n) is 72.8. The lowest BCUT2D eigenvalue weighted by atomic mass is 10.2. The van der Waals surface area contributed by atoms with Crippen molar-refractivity contribution in [1.82, 2.24) is 68.7 Å². The van der Waals surface area contributed by atoms with Gasteiger partial charge in [-0.1, -0.05) is 23.7 Å². The van der Waals surface area contributed by atoms with Gasteiger partial charge in [-0.05, 0) is 209 Å². The molecule has 11 rings (SSSR count). The smallest absolute Gasteiger partial charge is 0.415 e. The van der Waals surface area contributed by atoms with E-state index < -0.39 is 69.7 Å². The Hall–Kier alpha value is -11.7.